The summed E-state index contributed by atoms with van der Waals surface area (Å²) >= 11 is 24.2. The predicted octanol–water partition coefficient (Wildman–Crippen LogP) is 12.7. The fourth-order valence-corrected chi connectivity index (χ4v) is 6.26. The summed E-state index contributed by atoms with van der Waals surface area (Å²) in [5.74, 6) is 1.96. The third kappa shape index (κ3) is 8.85. The van der Waals surface area contributed by atoms with Gasteiger partial charge in [-0.05, 0) is 120 Å². The quantitative estimate of drug-likeness (QED) is 0.146. The highest BCUT2D eigenvalue weighted by molar-refractivity contribution is 6.37. The first kappa shape index (κ1) is 35.8. The number of amides is 2. The highest BCUT2D eigenvalue weighted by atomic mass is 35.5. The van der Waals surface area contributed by atoms with E-state index in [4.69, 9.17) is 55.9 Å². The normalized spacial score (nSPS) is 11.1. The Balaban J connectivity index is 1.03. The van der Waals surface area contributed by atoms with Crippen molar-refractivity contribution in [3.05, 3.63) is 176 Å². The fraction of sp³-hybridized carbons (Fsp3) is 0.0732. The van der Waals surface area contributed by atoms with E-state index in [9.17, 15) is 9.59 Å². The van der Waals surface area contributed by atoms with Gasteiger partial charge in [0.2, 0.25) is 0 Å². The first-order chi connectivity index (χ1) is 24.4. The molecule has 0 aliphatic heterocycles. The van der Waals surface area contributed by atoms with Gasteiger partial charge in [0.15, 0.2) is 0 Å². The molecule has 0 aliphatic rings. The van der Waals surface area contributed by atoms with Crippen molar-refractivity contribution >= 4 is 69.6 Å². The van der Waals surface area contributed by atoms with Crippen LogP contribution >= 0.6 is 46.4 Å². The van der Waals surface area contributed by atoms with Gasteiger partial charge in [0, 0.05) is 26.8 Å². The average molecular weight is 757 g/mol. The van der Waals surface area contributed by atoms with E-state index in [2.05, 4.69) is 24.5 Å². The Labute approximate surface area is 315 Å². The number of benzene rings is 6. The number of carbonyl (C=O) groups excluding carboxylic acids is 2. The number of carbonyl (C=O) groups is 2. The average Bonchev–Trinajstić information content (AvgIpc) is 3.10. The van der Waals surface area contributed by atoms with E-state index < -0.39 is 0 Å². The second-order valence-electron chi connectivity index (χ2n) is 12.1. The number of nitrogens with one attached hydrogen (secondary N) is 2. The highest BCUT2D eigenvalue weighted by Crippen LogP contribution is 2.35. The Morgan fingerprint density at radius 2 is 0.784 bits per heavy atom. The molecule has 0 saturated carbocycles. The van der Waals surface area contributed by atoms with Crippen molar-refractivity contribution in [1.29, 1.82) is 0 Å². The molecule has 0 bridgehead atoms. The number of rotatable bonds is 10. The van der Waals surface area contributed by atoms with E-state index in [1.54, 1.807) is 72.8 Å². The number of anilines is 2. The summed E-state index contributed by atoms with van der Waals surface area (Å²) in [4.78, 5) is 25.2. The van der Waals surface area contributed by atoms with E-state index in [1.165, 1.54) is 12.1 Å². The summed E-state index contributed by atoms with van der Waals surface area (Å²) in [6, 6.07) is 39.6. The number of halogens is 4. The van der Waals surface area contributed by atoms with Crippen LogP contribution in [0.5, 0.6) is 23.0 Å². The number of hydrogen-bond donors (Lipinski definition) is 2. The van der Waals surface area contributed by atoms with Crippen LogP contribution in [0.4, 0.5) is 11.4 Å². The molecule has 2 amide bonds. The van der Waals surface area contributed by atoms with Gasteiger partial charge in [-0.15, -0.1) is 0 Å². The van der Waals surface area contributed by atoms with Crippen LogP contribution in [-0.2, 0) is 5.41 Å². The third-order valence-electron chi connectivity index (χ3n) is 8.20. The molecule has 0 radical (unpaired) electrons. The maximum Gasteiger partial charge on any atom is 0.257 e. The third-order valence-corrected chi connectivity index (χ3v) is 9.29. The summed E-state index contributed by atoms with van der Waals surface area (Å²) < 4.78 is 12.1. The lowest BCUT2D eigenvalue weighted by atomic mass is 9.78. The Hall–Kier alpha value is -4.98. The van der Waals surface area contributed by atoms with Gasteiger partial charge in [-0.1, -0.05) is 84.5 Å². The minimum Gasteiger partial charge on any atom is -0.457 e. The molecule has 6 aromatic carbocycles. The van der Waals surface area contributed by atoms with Crippen LogP contribution in [0.3, 0.4) is 0 Å². The first-order valence-corrected chi connectivity index (χ1v) is 17.3. The lowest BCUT2D eigenvalue weighted by molar-refractivity contribution is 0.101. The second-order valence-corrected chi connectivity index (χ2v) is 13.8. The van der Waals surface area contributed by atoms with Gasteiger partial charge in [-0.25, -0.2) is 0 Å². The Morgan fingerprint density at radius 3 is 1.10 bits per heavy atom. The lowest BCUT2D eigenvalue weighted by Crippen LogP contribution is -2.18. The molecule has 0 heterocycles. The highest BCUT2D eigenvalue weighted by Gasteiger charge is 2.23. The molecule has 0 unspecified atom stereocenters. The SMILES string of the molecule is CC(C)(c1ccc(Oc2ccc(NC(=O)c3ccc(Cl)cc3Cl)cc2)cc1)c1ccc(Oc2ccc(NC(=O)c3ccc(Cl)cc3Cl)cc2)cc1. The van der Waals surface area contributed by atoms with E-state index in [0.29, 0.717) is 55.5 Å². The summed E-state index contributed by atoms with van der Waals surface area (Å²) in [6.07, 6.45) is 0. The van der Waals surface area contributed by atoms with E-state index in [0.717, 1.165) is 11.1 Å². The van der Waals surface area contributed by atoms with Gasteiger partial charge in [0.05, 0.1) is 21.2 Å². The summed E-state index contributed by atoms with van der Waals surface area (Å²) in [7, 11) is 0. The van der Waals surface area contributed by atoms with E-state index in [-0.39, 0.29) is 27.3 Å². The molecule has 0 saturated heterocycles. The molecule has 0 aromatic heterocycles. The molecule has 0 aliphatic carbocycles. The van der Waals surface area contributed by atoms with Gasteiger partial charge in [-0.2, -0.15) is 0 Å². The minimum absolute atomic E-state index is 0.281. The summed E-state index contributed by atoms with van der Waals surface area (Å²) in [6.45, 7) is 4.32. The topological polar surface area (TPSA) is 76.7 Å². The van der Waals surface area contributed by atoms with Crippen LogP contribution in [0.2, 0.25) is 20.1 Å². The van der Waals surface area contributed by atoms with Crippen molar-refractivity contribution in [1.82, 2.24) is 0 Å². The molecule has 2 N–H and O–H groups in total. The number of hydrogen-bond acceptors (Lipinski definition) is 4. The molecule has 0 spiro atoms. The van der Waals surface area contributed by atoms with Crippen LogP contribution in [0, 0.1) is 0 Å². The Morgan fingerprint density at radius 1 is 0.471 bits per heavy atom. The van der Waals surface area contributed by atoms with Crippen LogP contribution in [0.15, 0.2) is 133 Å². The molecule has 6 aromatic rings. The zero-order valence-electron chi connectivity index (χ0n) is 27.3. The summed E-state index contributed by atoms with van der Waals surface area (Å²) in [5, 5.41) is 7.15. The second kappa shape index (κ2) is 15.5. The van der Waals surface area contributed by atoms with Crippen molar-refractivity contribution in [2.24, 2.45) is 0 Å². The Bertz CT molecular complexity index is 2030. The molecule has 10 heteroatoms. The van der Waals surface area contributed by atoms with Crippen LogP contribution in [0.1, 0.15) is 45.7 Å². The monoisotopic (exact) mass is 754 g/mol. The first-order valence-electron chi connectivity index (χ1n) is 15.7. The van der Waals surface area contributed by atoms with Crippen molar-refractivity contribution in [3.63, 3.8) is 0 Å². The molecule has 51 heavy (non-hydrogen) atoms. The van der Waals surface area contributed by atoms with Gasteiger partial charge >= 0.3 is 0 Å². The molecule has 6 rings (SSSR count). The van der Waals surface area contributed by atoms with E-state index >= 15 is 0 Å². The summed E-state index contributed by atoms with van der Waals surface area (Å²) in [5.41, 5.74) is 3.81. The molecular formula is C41H30Cl4N2O4. The fourth-order valence-electron chi connectivity index (χ4n) is 5.27. The lowest BCUT2D eigenvalue weighted by Gasteiger charge is -2.26. The standard InChI is InChI=1S/C41H30Cl4N2O4/c1-41(2,25-3-13-31(14-4-25)50-33-17-9-29(10-18-33)46-39(48)35-21-7-27(42)23-37(35)44)26-5-15-32(16-6-26)51-34-19-11-30(12-20-34)47-40(49)36-22-8-28(43)24-38(36)45/h3-24H,1-2H3,(H,46,48)(H,47,49). The zero-order chi connectivity index (χ0) is 36.1. The van der Waals surface area contributed by atoms with Crippen molar-refractivity contribution < 1.29 is 19.1 Å². The molecule has 6 nitrogen and oxygen atoms in total. The van der Waals surface area contributed by atoms with Crippen molar-refractivity contribution in [2.75, 3.05) is 10.6 Å². The molecule has 256 valence electrons. The van der Waals surface area contributed by atoms with Crippen LogP contribution in [0.25, 0.3) is 0 Å². The molecule has 0 atom stereocenters. The Kier molecular flexibility index (Phi) is 10.9. The van der Waals surface area contributed by atoms with Crippen LogP contribution in [-0.4, -0.2) is 11.8 Å². The zero-order valence-corrected chi connectivity index (χ0v) is 30.4. The number of ether oxygens (including phenoxy) is 2. The van der Waals surface area contributed by atoms with Gasteiger partial charge < -0.3 is 20.1 Å². The molecule has 0 fully saturated rings. The van der Waals surface area contributed by atoms with Crippen LogP contribution < -0.4 is 20.1 Å². The maximum absolute atomic E-state index is 12.6. The predicted molar refractivity (Wildman–Crippen MR) is 207 cm³/mol. The molecular weight excluding hydrogens is 726 g/mol. The van der Waals surface area contributed by atoms with E-state index in [1.807, 2.05) is 48.5 Å². The largest absolute Gasteiger partial charge is 0.457 e. The smallest absolute Gasteiger partial charge is 0.257 e. The van der Waals surface area contributed by atoms with Gasteiger partial charge in [0.1, 0.15) is 23.0 Å². The van der Waals surface area contributed by atoms with Gasteiger partial charge in [-0.3, -0.25) is 9.59 Å². The van der Waals surface area contributed by atoms with Crippen molar-refractivity contribution in [2.45, 2.75) is 19.3 Å². The van der Waals surface area contributed by atoms with Gasteiger partial charge in [0.25, 0.3) is 11.8 Å². The minimum atomic E-state index is -0.332. The maximum atomic E-state index is 12.6. The van der Waals surface area contributed by atoms with Crippen molar-refractivity contribution in [3.8, 4) is 23.0 Å².